The number of ether oxygens (including phenoxy) is 1. The molecule has 30 heavy (non-hydrogen) atoms. The third-order valence-electron chi connectivity index (χ3n) is 4.45. The van der Waals surface area contributed by atoms with Gasteiger partial charge in [0.15, 0.2) is 6.61 Å². The van der Waals surface area contributed by atoms with Gasteiger partial charge in [0.1, 0.15) is 5.75 Å². The topological polar surface area (TPSA) is 126 Å². The predicted octanol–water partition coefficient (Wildman–Crippen LogP) is 1.81. The Labute approximate surface area is 172 Å². The molecule has 10 heteroatoms. The third kappa shape index (κ3) is 4.90. The zero-order valence-corrected chi connectivity index (χ0v) is 16.9. The number of H-pyrrole nitrogens is 1. The van der Waals surface area contributed by atoms with E-state index >= 15 is 0 Å². The molecule has 0 saturated carbocycles. The summed E-state index contributed by atoms with van der Waals surface area (Å²) in [7, 11) is -3.59. The van der Waals surface area contributed by atoms with Crippen LogP contribution in [0.2, 0.25) is 0 Å². The number of nitrogens with one attached hydrogen (secondary N) is 2. The van der Waals surface area contributed by atoms with Crippen LogP contribution in [0.15, 0.2) is 58.9 Å². The van der Waals surface area contributed by atoms with Crippen molar-refractivity contribution in [3.8, 4) is 5.75 Å². The maximum atomic E-state index is 11.5. The Morgan fingerprint density at radius 1 is 1.17 bits per heavy atom. The van der Waals surface area contributed by atoms with E-state index in [0.29, 0.717) is 18.6 Å². The molecule has 0 saturated heterocycles. The normalized spacial score (nSPS) is 13.8. The first-order chi connectivity index (χ1) is 14.4. The fourth-order valence-electron chi connectivity index (χ4n) is 3.12. The number of carbonyl (C=O) groups excluding carboxylic acids is 1. The molecule has 154 valence electrons. The summed E-state index contributed by atoms with van der Waals surface area (Å²) in [6.45, 7) is -0.387. The van der Waals surface area contributed by atoms with Gasteiger partial charge in [-0.3, -0.25) is 14.6 Å². The lowest BCUT2D eigenvalue weighted by Gasteiger charge is -2.07. The minimum Gasteiger partial charge on any atom is -0.484 e. The number of fused-ring (bicyclic) bond motifs is 1. The Balaban J connectivity index is 1.31. The molecule has 0 spiro atoms. The summed E-state index contributed by atoms with van der Waals surface area (Å²) in [5.41, 5.74) is 4.89. The van der Waals surface area contributed by atoms with Gasteiger partial charge in [-0.25, -0.2) is 8.42 Å². The summed E-state index contributed by atoms with van der Waals surface area (Å²) in [5.74, 6) is -0.274. The van der Waals surface area contributed by atoms with Crippen LogP contribution >= 0.6 is 0 Å². The van der Waals surface area contributed by atoms with Crippen molar-refractivity contribution in [1.82, 2.24) is 14.9 Å². The summed E-state index contributed by atoms with van der Waals surface area (Å²) in [5, 5.41) is 16.6. The van der Waals surface area contributed by atoms with Gasteiger partial charge in [-0.1, -0.05) is 6.07 Å². The summed E-state index contributed by atoms with van der Waals surface area (Å²) in [6.07, 6.45) is 4.07. The molecule has 2 N–H and O–H groups in total. The molecule has 4 rings (SSSR count). The van der Waals surface area contributed by atoms with Gasteiger partial charge in [0.25, 0.3) is 5.91 Å². The third-order valence-corrected chi connectivity index (χ3v) is 5.05. The van der Waals surface area contributed by atoms with Crippen LogP contribution in [0.1, 0.15) is 17.5 Å². The Bertz CT molecular complexity index is 1260. The van der Waals surface area contributed by atoms with E-state index in [1.807, 2.05) is 29.0 Å². The van der Waals surface area contributed by atoms with Crippen molar-refractivity contribution in [2.24, 2.45) is 10.2 Å². The average Bonchev–Trinajstić information content (AvgIpc) is 3.34. The molecule has 0 radical (unpaired) electrons. The largest absolute Gasteiger partial charge is 0.484 e. The molecule has 1 aromatic heterocycles. The Morgan fingerprint density at radius 3 is 2.73 bits per heavy atom. The van der Waals surface area contributed by atoms with E-state index in [2.05, 4.69) is 26.5 Å². The first kappa shape index (κ1) is 19.8. The number of rotatable bonds is 7. The van der Waals surface area contributed by atoms with Gasteiger partial charge in [-0.2, -0.15) is 15.3 Å². The smallest absolute Gasteiger partial charge is 0.271 e. The fraction of sp³-hybridized carbons (Fsp3) is 0.200. The molecular weight excluding hydrogens is 406 g/mol. The molecule has 3 aromatic rings. The molecule has 2 aromatic carbocycles. The van der Waals surface area contributed by atoms with Crippen LogP contribution in [0.3, 0.4) is 0 Å². The van der Waals surface area contributed by atoms with Crippen molar-refractivity contribution in [3.05, 3.63) is 59.8 Å². The van der Waals surface area contributed by atoms with Gasteiger partial charge in [-0.05, 0) is 47.5 Å². The van der Waals surface area contributed by atoms with Crippen molar-refractivity contribution >= 4 is 38.3 Å². The molecule has 0 atom stereocenters. The monoisotopic (exact) mass is 425 g/mol. The van der Waals surface area contributed by atoms with E-state index in [1.165, 1.54) is 0 Å². The molecule has 1 amide bonds. The van der Waals surface area contributed by atoms with Gasteiger partial charge in [0.05, 0.1) is 29.4 Å². The van der Waals surface area contributed by atoms with E-state index < -0.39 is 15.9 Å². The van der Waals surface area contributed by atoms with Gasteiger partial charge >= 0.3 is 0 Å². The van der Waals surface area contributed by atoms with E-state index in [9.17, 15) is 13.2 Å². The zero-order valence-electron chi connectivity index (χ0n) is 16.1. The quantitative estimate of drug-likeness (QED) is 0.597. The van der Waals surface area contributed by atoms with Crippen molar-refractivity contribution in [2.45, 2.75) is 12.8 Å². The second-order valence-electron chi connectivity index (χ2n) is 6.97. The number of aromatic amines is 1. The summed E-state index contributed by atoms with van der Waals surface area (Å²) >= 11 is 0. The highest BCUT2D eigenvalue weighted by Gasteiger charge is 2.16. The minimum absolute atomic E-state index is 0.387. The molecule has 0 fully saturated rings. The SMILES string of the molecule is CS(=O)(=O)NC(=O)COc1ccc(C2=NN=C(Cc3ccc4[nH]ncc4c3)C2)cc1. The van der Waals surface area contributed by atoms with E-state index in [4.69, 9.17) is 4.74 Å². The lowest BCUT2D eigenvalue weighted by Crippen LogP contribution is -2.33. The first-order valence-corrected chi connectivity index (χ1v) is 11.0. The lowest BCUT2D eigenvalue weighted by molar-refractivity contribution is -0.121. The molecule has 1 aliphatic rings. The van der Waals surface area contributed by atoms with E-state index in [0.717, 1.165) is 39.7 Å². The van der Waals surface area contributed by atoms with Crippen molar-refractivity contribution < 1.29 is 17.9 Å². The fourth-order valence-corrected chi connectivity index (χ4v) is 3.59. The number of sulfonamides is 1. The highest BCUT2D eigenvalue weighted by atomic mass is 32.2. The standard InChI is InChI=1S/C20H19N5O4S/c1-30(27,28)25-20(26)12-29-17-5-3-14(4-6-17)19-10-16(22-24-19)9-13-2-7-18-15(8-13)11-21-23-18/h2-8,11H,9-10,12H2,1H3,(H,21,23)(H,25,26). The van der Waals surface area contributed by atoms with Crippen molar-refractivity contribution in [3.63, 3.8) is 0 Å². The number of benzene rings is 2. The van der Waals surface area contributed by atoms with Gasteiger partial charge in [-0.15, -0.1) is 0 Å². The zero-order chi connectivity index (χ0) is 21.1. The predicted molar refractivity (Wildman–Crippen MR) is 113 cm³/mol. The summed E-state index contributed by atoms with van der Waals surface area (Å²) in [4.78, 5) is 11.5. The summed E-state index contributed by atoms with van der Waals surface area (Å²) < 4.78 is 29.2. The second-order valence-corrected chi connectivity index (χ2v) is 8.72. The average molecular weight is 425 g/mol. The van der Waals surface area contributed by atoms with Crippen LogP contribution < -0.4 is 9.46 Å². The number of hydrogen-bond acceptors (Lipinski definition) is 7. The number of hydrogen-bond donors (Lipinski definition) is 2. The van der Waals surface area contributed by atoms with Gasteiger partial charge < -0.3 is 4.74 Å². The molecule has 9 nitrogen and oxygen atoms in total. The van der Waals surface area contributed by atoms with Crippen LogP contribution in [-0.2, 0) is 21.2 Å². The van der Waals surface area contributed by atoms with Gasteiger partial charge in [0.2, 0.25) is 10.0 Å². The van der Waals surface area contributed by atoms with Gasteiger partial charge in [0, 0.05) is 18.2 Å². The van der Waals surface area contributed by atoms with Crippen molar-refractivity contribution in [1.29, 1.82) is 0 Å². The van der Waals surface area contributed by atoms with E-state index in [-0.39, 0.29) is 6.61 Å². The molecule has 2 heterocycles. The number of carbonyl (C=O) groups is 1. The highest BCUT2D eigenvalue weighted by molar-refractivity contribution is 7.89. The summed E-state index contributed by atoms with van der Waals surface area (Å²) in [6, 6.07) is 13.2. The first-order valence-electron chi connectivity index (χ1n) is 9.14. The Kier molecular flexibility index (Phi) is 5.32. The molecule has 1 aliphatic heterocycles. The molecule has 0 unspecified atom stereocenters. The van der Waals surface area contributed by atoms with Crippen LogP contribution in [0.4, 0.5) is 0 Å². The number of aromatic nitrogens is 2. The van der Waals surface area contributed by atoms with Crippen LogP contribution in [-0.4, -0.2) is 48.8 Å². The maximum absolute atomic E-state index is 11.5. The van der Waals surface area contributed by atoms with Crippen LogP contribution in [0.5, 0.6) is 5.75 Å². The lowest BCUT2D eigenvalue weighted by atomic mass is 10.0. The number of amides is 1. The minimum atomic E-state index is -3.59. The maximum Gasteiger partial charge on any atom is 0.271 e. The van der Waals surface area contributed by atoms with E-state index in [1.54, 1.807) is 18.3 Å². The molecule has 0 aliphatic carbocycles. The molecular formula is C20H19N5O4S. The highest BCUT2D eigenvalue weighted by Crippen LogP contribution is 2.19. The Hall–Kier alpha value is -3.53. The Morgan fingerprint density at radius 2 is 1.97 bits per heavy atom. The second kappa shape index (κ2) is 8.07. The molecule has 0 bridgehead atoms. The van der Waals surface area contributed by atoms with Crippen molar-refractivity contribution in [2.75, 3.05) is 12.9 Å². The van der Waals surface area contributed by atoms with Crippen LogP contribution in [0, 0.1) is 0 Å². The van der Waals surface area contributed by atoms with Crippen LogP contribution in [0.25, 0.3) is 10.9 Å². The number of nitrogens with zero attached hydrogens (tertiary/aromatic N) is 3.